The first-order valence-corrected chi connectivity index (χ1v) is 6.61. The van der Waals surface area contributed by atoms with Crippen LogP contribution in [0.5, 0.6) is 0 Å². The molecule has 0 spiro atoms. The number of hydrogen-bond acceptors (Lipinski definition) is 4. The van der Waals surface area contributed by atoms with E-state index in [1.807, 2.05) is 0 Å². The Morgan fingerprint density at radius 1 is 1.24 bits per heavy atom. The third-order valence-corrected chi connectivity index (χ3v) is 3.14. The number of halogens is 3. The van der Waals surface area contributed by atoms with Gasteiger partial charge in [-0.3, -0.25) is 4.79 Å². The molecule has 0 rings (SSSR count). The number of alkyl halides is 3. The highest BCUT2D eigenvalue weighted by Gasteiger charge is 2.48. The van der Waals surface area contributed by atoms with Crippen LogP contribution in [0.4, 0.5) is 13.2 Å². The van der Waals surface area contributed by atoms with Crippen molar-refractivity contribution in [3.8, 4) is 0 Å². The van der Waals surface area contributed by atoms with Gasteiger partial charge in [-0.2, -0.15) is 13.2 Å². The number of carbonyl (C=O) groups is 2. The summed E-state index contributed by atoms with van der Waals surface area (Å²) in [5.74, 6) is -2.45. The summed E-state index contributed by atoms with van der Waals surface area (Å²) < 4.78 is 38.2. The number of rotatable bonds is 7. The van der Waals surface area contributed by atoms with E-state index in [4.69, 9.17) is 5.73 Å². The van der Waals surface area contributed by atoms with Gasteiger partial charge in [0.15, 0.2) is 0 Å². The molecule has 0 aromatic rings. The number of carboxylic acids is 1. The Bertz CT molecular complexity index is 381. The third-order valence-electron chi connectivity index (χ3n) is 3.14. The zero-order chi connectivity index (χ0) is 17.0. The van der Waals surface area contributed by atoms with Crippen LogP contribution in [0.1, 0.15) is 40.5 Å². The highest BCUT2D eigenvalue weighted by molar-refractivity contribution is 5.86. The summed E-state index contributed by atoms with van der Waals surface area (Å²) in [5.41, 5.74) is 3.31. The molecule has 3 N–H and O–H groups in total. The maximum Gasteiger partial charge on any atom is 0.394 e. The Morgan fingerprint density at radius 3 is 2.05 bits per heavy atom. The van der Waals surface area contributed by atoms with Crippen LogP contribution in [0, 0.1) is 11.3 Å². The summed E-state index contributed by atoms with van der Waals surface area (Å²) in [5, 5.41) is 13.0. The lowest BCUT2D eigenvalue weighted by Crippen LogP contribution is -2.54. The molecular formula is C13H22F3N2O3-. The lowest BCUT2D eigenvalue weighted by atomic mass is 9.85. The van der Waals surface area contributed by atoms with Crippen molar-refractivity contribution in [2.24, 2.45) is 17.1 Å². The van der Waals surface area contributed by atoms with Crippen molar-refractivity contribution >= 4 is 11.9 Å². The number of nitrogens with one attached hydrogen (secondary N) is 1. The van der Waals surface area contributed by atoms with Crippen LogP contribution in [0.2, 0.25) is 0 Å². The first kappa shape index (κ1) is 19.7. The van der Waals surface area contributed by atoms with Crippen molar-refractivity contribution in [3.05, 3.63) is 0 Å². The summed E-state index contributed by atoms with van der Waals surface area (Å²) >= 11 is 0. The molecule has 0 aliphatic carbocycles. The van der Waals surface area contributed by atoms with Crippen molar-refractivity contribution in [1.82, 2.24) is 5.32 Å². The van der Waals surface area contributed by atoms with E-state index in [9.17, 15) is 27.9 Å². The number of aliphatic carboxylic acids is 1. The fourth-order valence-electron chi connectivity index (χ4n) is 1.72. The van der Waals surface area contributed by atoms with E-state index in [2.05, 4.69) is 5.32 Å². The van der Waals surface area contributed by atoms with E-state index < -0.39 is 42.0 Å². The maximum absolute atomic E-state index is 12.7. The van der Waals surface area contributed by atoms with Gasteiger partial charge in [0, 0.05) is 0 Å². The van der Waals surface area contributed by atoms with Crippen LogP contribution in [0.25, 0.3) is 0 Å². The normalized spacial score (nSPS) is 15.7. The monoisotopic (exact) mass is 311 g/mol. The molecule has 2 atom stereocenters. The minimum atomic E-state index is -4.50. The third kappa shape index (κ3) is 6.33. The first-order valence-electron chi connectivity index (χ1n) is 6.61. The van der Waals surface area contributed by atoms with Crippen LogP contribution in [0.3, 0.4) is 0 Å². The van der Waals surface area contributed by atoms with Gasteiger partial charge in [0.25, 0.3) is 0 Å². The fourth-order valence-corrected chi connectivity index (χ4v) is 1.72. The molecule has 0 saturated carbocycles. The van der Waals surface area contributed by atoms with Crippen molar-refractivity contribution in [3.63, 3.8) is 0 Å². The molecule has 1 amide bonds. The standard InChI is InChI=1S/C13H23F3N2O3/c1-7(2)5-9(11(20)21)18-10(19)8(17)6-12(3,4)13(14,15)16/h7-9H,5-6,17H2,1-4H3,(H,18,19)(H,20,21)/p-1/t8-,9?/m1/s1. The van der Waals surface area contributed by atoms with Gasteiger partial charge in [0.2, 0.25) is 5.91 Å². The van der Waals surface area contributed by atoms with Crippen molar-refractivity contribution in [1.29, 1.82) is 0 Å². The topological polar surface area (TPSA) is 95.2 Å². The highest BCUT2D eigenvalue weighted by atomic mass is 19.4. The van der Waals surface area contributed by atoms with Crippen LogP contribution >= 0.6 is 0 Å². The molecule has 0 aliphatic rings. The van der Waals surface area contributed by atoms with Gasteiger partial charge in [-0.1, -0.05) is 27.7 Å². The smallest absolute Gasteiger partial charge is 0.394 e. The molecule has 0 fully saturated rings. The van der Waals surface area contributed by atoms with Gasteiger partial charge in [0.05, 0.1) is 23.5 Å². The Morgan fingerprint density at radius 2 is 1.71 bits per heavy atom. The van der Waals surface area contributed by atoms with Crippen LogP contribution in [-0.2, 0) is 9.59 Å². The first-order chi connectivity index (χ1) is 9.28. The minimum Gasteiger partial charge on any atom is -0.548 e. The number of nitrogens with two attached hydrogens (primary N) is 1. The zero-order valence-electron chi connectivity index (χ0n) is 12.6. The van der Waals surface area contributed by atoms with E-state index in [0.29, 0.717) is 0 Å². The summed E-state index contributed by atoms with van der Waals surface area (Å²) in [6, 6.07) is -2.71. The predicted octanol–water partition coefficient (Wildman–Crippen LogP) is 0.573. The lowest BCUT2D eigenvalue weighted by Gasteiger charge is -2.31. The van der Waals surface area contributed by atoms with Crippen molar-refractivity contribution in [2.45, 2.75) is 58.8 Å². The van der Waals surface area contributed by atoms with Gasteiger partial charge >= 0.3 is 6.18 Å². The van der Waals surface area contributed by atoms with E-state index in [1.54, 1.807) is 13.8 Å². The molecule has 124 valence electrons. The molecule has 1 unspecified atom stereocenters. The fraction of sp³-hybridized carbons (Fsp3) is 0.846. The predicted molar refractivity (Wildman–Crippen MR) is 68.8 cm³/mol. The minimum absolute atomic E-state index is 0.0314. The Hall–Kier alpha value is -1.31. The molecule has 0 aliphatic heterocycles. The van der Waals surface area contributed by atoms with Gasteiger partial charge < -0.3 is 21.0 Å². The SMILES string of the molecule is CC(C)CC(NC(=O)[C@H](N)CC(C)(C)C(F)(F)F)C(=O)[O-]. The second kappa shape index (κ2) is 7.11. The number of amides is 1. The zero-order valence-corrected chi connectivity index (χ0v) is 12.6. The molecule has 0 saturated heterocycles. The maximum atomic E-state index is 12.7. The van der Waals surface area contributed by atoms with Crippen molar-refractivity contribution in [2.75, 3.05) is 0 Å². The molecule has 0 aromatic carbocycles. The molecule has 21 heavy (non-hydrogen) atoms. The van der Waals surface area contributed by atoms with Crippen LogP contribution in [-0.4, -0.2) is 30.1 Å². The Kier molecular flexibility index (Phi) is 6.66. The Balaban J connectivity index is 4.75. The van der Waals surface area contributed by atoms with Crippen LogP contribution < -0.4 is 16.2 Å². The van der Waals surface area contributed by atoms with Gasteiger partial charge in [0.1, 0.15) is 0 Å². The molecule has 0 radical (unpaired) electrons. The second-order valence-corrected chi connectivity index (χ2v) is 6.20. The van der Waals surface area contributed by atoms with Gasteiger partial charge in [-0.25, -0.2) is 0 Å². The summed E-state index contributed by atoms with van der Waals surface area (Å²) in [7, 11) is 0. The van der Waals surface area contributed by atoms with Crippen molar-refractivity contribution < 1.29 is 27.9 Å². The Labute approximate surface area is 122 Å². The molecule has 0 heterocycles. The summed E-state index contributed by atoms with van der Waals surface area (Å²) in [4.78, 5) is 22.6. The van der Waals surface area contributed by atoms with Crippen LogP contribution in [0.15, 0.2) is 0 Å². The molecule has 0 aromatic heterocycles. The molecule has 0 bridgehead atoms. The molecule has 8 heteroatoms. The van der Waals surface area contributed by atoms with E-state index in [1.165, 1.54) is 0 Å². The number of carboxylic acid groups (broad SMARTS) is 1. The average Bonchev–Trinajstić information content (AvgIpc) is 2.24. The summed E-state index contributed by atoms with van der Waals surface area (Å²) in [6.07, 6.45) is -5.02. The van der Waals surface area contributed by atoms with E-state index >= 15 is 0 Å². The quantitative estimate of drug-likeness (QED) is 0.718. The molecule has 5 nitrogen and oxygen atoms in total. The van der Waals surface area contributed by atoms with E-state index in [-0.39, 0.29) is 12.3 Å². The van der Waals surface area contributed by atoms with E-state index in [0.717, 1.165) is 13.8 Å². The summed E-state index contributed by atoms with van der Waals surface area (Å²) in [6.45, 7) is 5.36. The largest absolute Gasteiger partial charge is 0.548 e. The number of carbonyl (C=O) groups excluding carboxylic acids is 2. The lowest BCUT2D eigenvalue weighted by molar-refractivity contribution is -0.308. The van der Waals surface area contributed by atoms with Gasteiger partial charge in [-0.05, 0) is 18.8 Å². The molecular weight excluding hydrogens is 289 g/mol. The average molecular weight is 311 g/mol. The second-order valence-electron chi connectivity index (χ2n) is 6.20. The number of hydrogen-bond donors (Lipinski definition) is 2. The highest BCUT2D eigenvalue weighted by Crippen LogP contribution is 2.40. The van der Waals surface area contributed by atoms with Gasteiger partial charge in [-0.15, -0.1) is 0 Å².